The van der Waals surface area contributed by atoms with Gasteiger partial charge in [0.15, 0.2) is 6.10 Å². The first-order chi connectivity index (χ1) is 16.4. The van der Waals surface area contributed by atoms with E-state index in [1.165, 1.54) is 6.21 Å². The molecule has 0 radical (unpaired) electrons. The van der Waals surface area contributed by atoms with E-state index in [1.807, 2.05) is 6.92 Å². The van der Waals surface area contributed by atoms with Crippen molar-refractivity contribution in [3.05, 3.63) is 88.9 Å². The molecule has 3 rings (SSSR count). The van der Waals surface area contributed by atoms with Gasteiger partial charge in [0, 0.05) is 5.02 Å². The van der Waals surface area contributed by atoms with Gasteiger partial charge >= 0.3 is 5.97 Å². The standard InChI is InChI=1S/C26H25ClN2O5/c1-3-16-32-22-12-6-20(7-13-22)26(31)34-24-10-4-19(5-11-24)17-28-29-25(30)18(2)33-23-14-8-21(27)9-15-23/h4-15,17-18H,3,16H2,1-2H3,(H,29,30)/b28-17-/t18-/m1/s1. The van der Waals surface area contributed by atoms with Crippen molar-refractivity contribution < 1.29 is 23.8 Å². The first-order valence-electron chi connectivity index (χ1n) is 10.7. The number of carbonyl (C=O) groups is 2. The summed E-state index contributed by atoms with van der Waals surface area (Å²) in [5.41, 5.74) is 3.57. The lowest BCUT2D eigenvalue weighted by Crippen LogP contribution is -2.33. The Hall–Kier alpha value is -3.84. The first-order valence-corrected chi connectivity index (χ1v) is 11.1. The maximum Gasteiger partial charge on any atom is 0.343 e. The van der Waals surface area contributed by atoms with E-state index in [4.69, 9.17) is 25.8 Å². The van der Waals surface area contributed by atoms with Crippen LogP contribution in [0.3, 0.4) is 0 Å². The van der Waals surface area contributed by atoms with Gasteiger partial charge in [-0.05, 0) is 91.7 Å². The van der Waals surface area contributed by atoms with Crippen molar-refractivity contribution in [2.45, 2.75) is 26.4 Å². The number of nitrogens with one attached hydrogen (secondary N) is 1. The molecule has 0 heterocycles. The van der Waals surface area contributed by atoms with E-state index in [0.717, 1.165) is 6.42 Å². The number of esters is 1. The monoisotopic (exact) mass is 480 g/mol. The van der Waals surface area contributed by atoms with Crippen molar-refractivity contribution in [1.82, 2.24) is 5.43 Å². The van der Waals surface area contributed by atoms with Gasteiger partial charge in [-0.1, -0.05) is 18.5 Å². The number of halogens is 1. The fourth-order valence-electron chi connectivity index (χ4n) is 2.73. The Labute approximate surface area is 203 Å². The molecule has 1 amide bonds. The van der Waals surface area contributed by atoms with Crippen LogP contribution in [-0.4, -0.2) is 30.8 Å². The molecule has 0 aromatic heterocycles. The number of benzene rings is 3. The second-order valence-electron chi connectivity index (χ2n) is 7.28. The zero-order valence-corrected chi connectivity index (χ0v) is 19.6. The van der Waals surface area contributed by atoms with Gasteiger partial charge in [-0.2, -0.15) is 5.10 Å². The highest BCUT2D eigenvalue weighted by atomic mass is 35.5. The van der Waals surface area contributed by atoms with Gasteiger partial charge in [-0.25, -0.2) is 10.2 Å². The van der Waals surface area contributed by atoms with E-state index in [1.54, 1.807) is 79.7 Å². The van der Waals surface area contributed by atoms with E-state index in [-0.39, 0.29) is 0 Å². The molecule has 176 valence electrons. The summed E-state index contributed by atoms with van der Waals surface area (Å²) < 4.78 is 16.5. The molecule has 0 unspecified atom stereocenters. The third-order valence-corrected chi connectivity index (χ3v) is 4.79. The zero-order valence-electron chi connectivity index (χ0n) is 18.9. The van der Waals surface area contributed by atoms with Crippen LogP contribution in [0.4, 0.5) is 0 Å². The lowest BCUT2D eigenvalue weighted by molar-refractivity contribution is -0.127. The van der Waals surface area contributed by atoms with Gasteiger partial charge < -0.3 is 14.2 Å². The minimum atomic E-state index is -0.743. The molecule has 1 atom stereocenters. The van der Waals surface area contributed by atoms with Gasteiger partial charge in [0.05, 0.1) is 18.4 Å². The Morgan fingerprint density at radius 3 is 2.21 bits per heavy atom. The lowest BCUT2D eigenvalue weighted by atomic mass is 10.2. The van der Waals surface area contributed by atoms with E-state index < -0.39 is 18.0 Å². The molecule has 8 heteroatoms. The summed E-state index contributed by atoms with van der Waals surface area (Å²) in [6.45, 7) is 4.27. The number of ether oxygens (including phenoxy) is 3. The average Bonchev–Trinajstić information content (AvgIpc) is 2.85. The van der Waals surface area contributed by atoms with E-state index in [0.29, 0.717) is 40.0 Å². The summed E-state index contributed by atoms with van der Waals surface area (Å²) in [6, 6.07) is 20.2. The molecule has 3 aromatic carbocycles. The maximum atomic E-state index is 12.3. The maximum absolute atomic E-state index is 12.3. The molecule has 3 aromatic rings. The first kappa shape index (κ1) is 24.8. The number of hydrogen-bond donors (Lipinski definition) is 1. The molecule has 0 aliphatic rings. The molecular formula is C26H25ClN2O5. The number of hydrogen-bond acceptors (Lipinski definition) is 6. The van der Waals surface area contributed by atoms with Crippen LogP contribution < -0.4 is 19.6 Å². The van der Waals surface area contributed by atoms with Crippen molar-refractivity contribution in [2.75, 3.05) is 6.61 Å². The molecule has 0 spiro atoms. The van der Waals surface area contributed by atoms with Crippen molar-refractivity contribution in [2.24, 2.45) is 5.10 Å². The Morgan fingerprint density at radius 2 is 1.56 bits per heavy atom. The van der Waals surface area contributed by atoms with Gasteiger partial charge in [-0.3, -0.25) is 4.79 Å². The van der Waals surface area contributed by atoms with E-state index in [9.17, 15) is 9.59 Å². The third kappa shape index (κ3) is 7.64. The van der Waals surface area contributed by atoms with Gasteiger partial charge in [0.25, 0.3) is 5.91 Å². The van der Waals surface area contributed by atoms with Crippen LogP contribution in [0.5, 0.6) is 17.2 Å². The van der Waals surface area contributed by atoms with Crippen molar-refractivity contribution >= 4 is 29.7 Å². The topological polar surface area (TPSA) is 86.2 Å². The SMILES string of the molecule is CCCOc1ccc(C(=O)Oc2ccc(/C=N\NC(=O)[C@@H](C)Oc3ccc(Cl)cc3)cc2)cc1. The summed E-state index contributed by atoms with van der Waals surface area (Å²) in [7, 11) is 0. The summed E-state index contributed by atoms with van der Waals surface area (Å²) in [6.07, 6.45) is 1.65. The molecular weight excluding hydrogens is 456 g/mol. The highest BCUT2D eigenvalue weighted by Gasteiger charge is 2.14. The number of rotatable bonds is 10. The smallest absolute Gasteiger partial charge is 0.343 e. The molecule has 7 nitrogen and oxygen atoms in total. The van der Waals surface area contributed by atoms with Crippen LogP contribution in [-0.2, 0) is 4.79 Å². The molecule has 0 saturated carbocycles. The molecule has 0 bridgehead atoms. The van der Waals surface area contributed by atoms with E-state index >= 15 is 0 Å². The van der Waals surface area contributed by atoms with Gasteiger partial charge in [0.1, 0.15) is 17.2 Å². The number of carbonyl (C=O) groups excluding carboxylic acids is 2. The van der Waals surface area contributed by atoms with Crippen LogP contribution in [0.2, 0.25) is 5.02 Å². The molecule has 1 N–H and O–H groups in total. The van der Waals surface area contributed by atoms with Crippen molar-refractivity contribution in [3.8, 4) is 17.2 Å². The predicted molar refractivity (Wildman–Crippen MR) is 131 cm³/mol. The third-order valence-electron chi connectivity index (χ3n) is 4.54. The van der Waals surface area contributed by atoms with Crippen LogP contribution in [0.15, 0.2) is 77.9 Å². The Kier molecular flexibility index (Phi) is 9.05. The average molecular weight is 481 g/mol. The van der Waals surface area contributed by atoms with Crippen LogP contribution in [0, 0.1) is 0 Å². The molecule has 0 saturated heterocycles. The molecule has 0 fully saturated rings. The normalized spacial score (nSPS) is 11.6. The van der Waals surface area contributed by atoms with Crippen molar-refractivity contribution in [1.29, 1.82) is 0 Å². The Balaban J connectivity index is 1.47. The zero-order chi connectivity index (χ0) is 24.3. The van der Waals surface area contributed by atoms with E-state index in [2.05, 4.69) is 10.5 Å². The fourth-order valence-corrected chi connectivity index (χ4v) is 2.85. The molecule has 0 aliphatic heterocycles. The minimum absolute atomic E-state index is 0.391. The lowest BCUT2D eigenvalue weighted by Gasteiger charge is -2.12. The van der Waals surface area contributed by atoms with Crippen LogP contribution in [0.1, 0.15) is 36.2 Å². The van der Waals surface area contributed by atoms with Crippen LogP contribution in [0.25, 0.3) is 0 Å². The second-order valence-corrected chi connectivity index (χ2v) is 7.72. The van der Waals surface area contributed by atoms with Gasteiger partial charge in [0.2, 0.25) is 0 Å². The highest BCUT2D eigenvalue weighted by Crippen LogP contribution is 2.18. The second kappa shape index (κ2) is 12.4. The number of hydrazone groups is 1. The number of nitrogens with zero attached hydrogens (tertiary/aromatic N) is 1. The summed E-state index contributed by atoms with van der Waals surface area (Å²) in [5.74, 6) is 0.762. The quantitative estimate of drug-likeness (QED) is 0.185. The molecule has 34 heavy (non-hydrogen) atoms. The van der Waals surface area contributed by atoms with Crippen molar-refractivity contribution in [3.63, 3.8) is 0 Å². The summed E-state index contributed by atoms with van der Waals surface area (Å²) >= 11 is 5.84. The van der Waals surface area contributed by atoms with Crippen LogP contribution >= 0.6 is 11.6 Å². The Morgan fingerprint density at radius 1 is 0.941 bits per heavy atom. The minimum Gasteiger partial charge on any atom is -0.494 e. The highest BCUT2D eigenvalue weighted by molar-refractivity contribution is 6.30. The number of amides is 1. The fraction of sp³-hybridized carbons (Fsp3) is 0.192. The van der Waals surface area contributed by atoms with Gasteiger partial charge in [-0.15, -0.1) is 0 Å². The molecule has 0 aliphatic carbocycles. The predicted octanol–water partition coefficient (Wildman–Crippen LogP) is 5.27. The summed E-state index contributed by atoms with van der Waals surface area (Å²) in [4.78, 5) is 24.5. The largest absolute Gasteiger partial charge is 0.494 e. The Bertz CT molecular complexity index is 1110. The summed E-state index contributed by atoms with van der Waals surface area (Å²) in [5, 5.41) is 4.53.